The molecule has 0 aromatic heterocycles. The summed E-state index contributed by atoms with van der Waals surface area (Å²) in [5, 5.41) is 3.50. The molecule has 0 bridgehead atoms. The maximum atomic E-state index is 3.50. The summed E-state index contributed by atoms with van der Waals surface area (Å²) < 4.78 is 0. The topological polar surface area (TPSA) is 21.8 Å². The number of likely N-dealkylation sites (N-methyl/N-ethyl adjacent to an activating group) is 2. The van der Waals surface area contributed by atoms with Crippen LogP contribution in [-0.2, 0) is 0 Å². The normalized spacial score (nSPS) is 31.5. The number of rotatable bonds is 2. The third kappa shape index (κ3) is 3.42. The van der Waals surface area contributed by atoms with Crippen molar-refractivity contribution in [3.8, 4) is 0 Å². The van der Waals surface area contributed by atoms with E-state index in [1.165, 1.54) is 45.7 Å². The molecular formula is C12H26N4. The summed E-state index contributed by atoms with van der Waals surface area (Å²) in [6.07, 6.45) is 1.32. The molecule has 0 spiro atoms. The van der Waals surface area contributed by atoms with Crippen molar-refractivity contribution >= 4 is 0 Å². The summed E-state index contributed by atoms with van der Waals surface area (Å²) in [5.74, 6) is 0. The molecule has 16 heavy (non-hydrogen) atoms. The van der Waals surface area contributed by atoms with Gasteiger partial charge in [0.1, 0.15) is 0 Å². The summed E-state index contributed by atoms with van der Waals surface area (Å²) in [7, 11) is 4.49. The molecule has 0 aromatic rings. The van der Waals surface area contributed by atoms with Crippen molar-refractivity contribution in [1.29, 1.82) is 0 Å². The first-order valence-electron chi connectivity index (χ1n) is 6.57. The van der Waals surface area contributed by atoms with Crippen LogP contribution < -0.4 is 5.32 Å². The molecule has 1 N–H and O–H groups in total. The second-order valence-corrected chi connectivity index (χ2v) is 5.30. The maximum absolute atomic E-state index is 3.50. The van der Waals surface area contributed by atoms with Gasteiger partial charge in [0.2, 0.25) is 0 Å². The Kier molecular flexibility index (Phi) is 4.58. The summed E-state index contributed by atoms with van der Waals surface area (Å²) >= 11 is 0. The molecule has 0 saturated carbocycles. The van der Waals surface area contributed by atoms with Crippen LogP contribution in [0.1, 0.15) is 6.42 Å². The number of hydrogen-bond donors (Lipinski definition) is 1. The fraction of sp³-hybridized carbons (Fsp3) is 1.00. The summed E-state index contributed by atoms with van der Waals surface area (Å²) in [6, 6.07) is 0.706. The molecule has 2 rings (SSSR count). The molecule has 4 heteroatoms. The molecular weight excluding hydrogens is 200 g/mol. The Morgan fingerprint density at radius 2 is 1.94 bits per heavy atom. The van der Waals surface area contributed by atoms with E-state index in [0.717, 1.165) is 13.1 Å². The van der Waals surface area contributed by atoms with Crippen molar-refractivity contribution in [1.82, 2.24) is 20.0 Å². The molecule has 2 heterocycles. The van der Waals surface area contributed by atoms with E-state index in [9.17, 15) is 0 Å². The van der Waals surface area contributed by atoms with Gasteiger partial charge < -0.3 is 15.1 Å². The van der Waals surface area contributed by atoms with E-state index in [4.69, 9.17) is 0 Å². The van der Waals surface area contributed by atoms with E-state index in [1.807, 2.05) is 0 Å². The van der Waals surface area contributed by atoms with Crippen LogP contribution >= 0.6 is 0 Å². The highest BCUT2D eigenvalue weighted by molar-refractivity contribution is 4.81. The highest BCUT2D eigenvalue weighted by atomic mass is 15.3. The van der Waals surface area contributed by atoms with Gasteiger partial charge >= 0.3 is 0 Å². The van der Waals surface area contributed by atoms with Crippen molar-refractivity contribution in [2.45, 2.75) is 12.5 Å². The van der Waals surface area contributed by atoms with E-state index in [-0.39, 0.29) is 0 Å². The van der Waals surface area contributed by atoms with E-state index in [2.05, 4.69) is 34.1 Å². The fourth-order valence-electron chi connectivity index (χ4n) is 2.65. The van der Waals surface area contributed by atoms with Gasteiger partial charge in [0, 0.05) is 45.3 Å². The molecule has 0 aliphatic carbocycles. The second kappa shape index (κ2) is 5.96. The minimum atomic E-state index is 0.706. The number of nitrogens with zero attached hydrogens (tertiary/aromatic N) is 3. The van der Waals surface area contributed by atoms with Crippen molar-refractivity contribution in [3.05, 3.63) is 0 Å². The van der Waals surface area contributed by atoms with Crippen molar-refractivity contribution in [3.63, 3.8) is 0 Å². The van der Waals surface area contributed by atoms with Crippen LogP contribution in [0.25, 0.3) is 0 Å². The Labute approximate surface area is 99.6 Å². The van der Waals surface area contributed by atoms with Crippen LogP contribution in [-0.4, -0.2) is 87.2 Å². The zero-order valence-electron chi connectivity index (χ0n) is 10.8. The molecule has 2 saturated heterocycles. The molecule has 2 aliphatic heterocycles. The van der Waals surface area contributed by atoms with Crippen LogP contribution in [0.4, 0.5) is 0 Å². The first-order valence-corrected chi connectivity index (χ1v) is 6.57. The first-order chi connectivity index (χ1) is 7.75. The van der Waals surface area contributed by atoms with E-state index in [1.54, 1.807) is 0 Å². The molecule has 0 aromatic carbocycles. The van der Waals surface area contributed by atoms with Gasteiger partial charge in [-0.2, -0.15) is 0 Å². The first kappa shape index (κ1) is 12.3. The molecule has 0 radical (unpaired) electrons. The minimum absolute atomic E-state index is 0.706. The largest absolute Gasteiger partial charge is 0.314 e. The lowest BCUT2D eigenvalue weighted by atomic mass is 10.2. The Morgan fingerprint density at radius 3 is 2.75 bits per heavy atom. The number of nitrogens with one attached hydrogen (secondary N) is 1. The molecule has 1 atom stereocenters. The van der Waals surface area contributed by atoms with Crippen LogP contribution in [0.5, 0.6) is 0 Å². The van der Waals surface area contributed by atoms with Crippen molar-refractivity contribution in [2.24, 2.45) is 0 Å². The lowest BCUT2D eigenvalue weighted by Crippen LogP contribution is -2.54. The SMILES string of the molecule is CN1CCCN(CC2CNCCN2C)CC1. The number of piperazine rings is 1. The number of hydrogen-bond acceptors (Lipinski definition) is 4. The van der Waals surface area contributed by atoms with Gasteiger partial charge in [-0.15, -0.1) is 0 Å². The predicted molar refractivity (Wildman–Crippen MR) is 67.8 cm³/mol. The van der Waals surface area contributed by atoms with Crippen LogP contribution in [0.3, 0.4) is 0 Å². The highest BCUT2D eigenvalue weighted by Gasteiger charge is 2.22. The quantitative estimate of drug-likeness (QED) is 0.687. The third-order valence-corrected chi connectivity index (χ3v) is 3.93. The van der Waals surface area contributed by atoms with Gasteiger partial charge in [0.15, 0.2) is 0 Å². The van der Waals surface area contributed by atoms with Gasteiger partial charge in [-0.3, -0.25) is 4.90 Å². The Balaban J connectivity index is 1.79. The van der Waals surface area contributed by atoms with Gasteiger partial charge in [0.25, 0.3) is 0 Å². The molecule has 4 nitrogen and oxygen atoms in total. The smallest absolute Gasteiger partial charge is 0.0345 e. The highest BCUT2D eigenvalue weighted by Crippen LogP contribution is 2.06. The molecule has 2 aliphatic rings. The molecule has 0 amide bonds. The zero-order chi connectivity index (χ0) is 11.4. The summed E-state index contributed by atoms with van der Waals surface area (Å²) in [4.78, 5) is 7.59. The molecule has 1 unspecified atom stereocenters. The second-order valence-electron chi connectivity index (χ2n) is 5.30. The summed E-state index contributed by atoms with van der Waals surface area (Å²) in [6.45, 7) is 9.73. The van der Waals surface area contributed by atoms with Gasteiger partial charge in [-0.25, -0.2) is 0 Å². The van der Waals surface area contributed by atoms with Crippen molar-refractivity contribution < 1.29 is 0 Å². The van der Waals surface area contributed by atoms with E-state index < -0.39 is 0 Å². The molecule has 2 fully saturated rings. The lowest BCUT2D eigenvalue weighted by molar-refractivity contribution is 0.141. The van der Waals surface area contributed by atoms with Crippen molar-refractivity contribution in [2.75, 3.05) is 66.5 Å². The fourth-order valence-corrected chi connectivity index (χ4v) is 2.65. The Hall–Kier alpha value is -0.160. The van der Waals surface area contributed by atoms with Crippen LogP contribution in [0.15, 0.2) is 0 Å². The minimum Gasteiger partial charge on any atom is -0.314 e. The Morgan fingerprint density at radius 1 is 1.06 bits per heavy atom. The standard InChI is InChI=1S/C12H26N4/c1-14-5-3-6-16(9-8-14)11-12-10-13-4-7-15(12)2/h12-13H,3-11H2,1-2H3. The lowest BCUT2D eigenvalue weighted by Gasteiger charge is -2.36. The van der Waals surface area contributed by atoms with Crippen LogP contribution in [0.2, 0.25) is 0 Å². The van der Waals surface area contributed by atoms with Gasteiger partial charge in [0.05, 0.1) is 0 Å². The van der Waals surface area contributed by atoms with Crippen LogP contribution in [0, 0.1) is 0 Å². The Bertz CT molecular complexity index is 209. The van der Waals surface area contributed by atoms with E-state index >= 15 is 0 Å². The van der Waals surface area contributed by atoms with Gasteiger partial charge in [-0.05, 0) is 33.6 Å². The summed E-state index contributed by atoms with van der Waals surface area (Å²) in [5.41, 5.74) is 0. The van der Waals surface area contributed by atoms with E-state index in [0.29, 0.717) is 6.04 Å². The third-order valence-electron chi connectivity index (χ3n) is 3.93. The average molecular weight is 226 g/mol. The van der Waals surface area contributed by atoms with Gasteiger partial charge in [-0.1, -0.05) is 0 Å². The maximum Gasteiger partial charge on any atom is 0.0345 e. The average Bonchev–Trinajstić information content (AvgIpc) is 2.47. The monoisotopic (exact) mass is 226 g/mol. The zero-order valence-corrected chi connectivity index (χ0v) is 10.8. The predicted octanol–water partition coefficient (Wildman–Crippen LogP) is -0.472. The molecule has 94 valence electrons.